The minimum absolute atomic E-state index is 0.357. The summed E-state index contributed by atoms with van der Waals surface area (Å²) in [7, 11) is 1.95. The van der Waals surface area contributed by atoms with Crippen LogP contribution in [0.15, 0.2) is 6.20 Å². The highest BCUT2D eigenvalue weighted by atomic mass is 15.3. The molecule has 0 amide bonds. The summed E-state index contributed by atoms with van der Waals surface area (Å²) >= 11 is 0. The van der Waals surface area contributed by atoms with E-state index in [4.69, 9.17) is 5.73 Å². The molecule has 1 aromatic heterocycles. The van der Waals surface area contributed by atoms with Gasteiger partial charge < -0.3 is 11.1 Å². The zero-order valence-corrected chi connectivity index (χ0v) is 9.25. The monoisotopic (exact) mass is 196 g/mol. The van der Waals surface area contributed by atoms with Crippen molar-refractivity contribution in [2.45, 2.75) is 26.3 Å². The largest absolute Gasteiger partial charge is 0.330 e. The van der Waals surface area contributed by atoms with Gasteiger partial charge in [0.15, 0.2) is 0 Å². The maximum Gasteiger partial charge on any atom is 0.0641 e. The number of aryl methyl sites for hydroxylation is 2. The average molecular weight is 196 g/mol. The Morgan fingerprint density at radius 3 is 2.86 bits per heavy atom. The Morgan fingerprint density at radius 2 is 2.36 bits per heavy atom. The Labute approximate surface area is 85.5 Å². The summed E-state index contributed by atoms with van der Waals surface area (Å²) in [5.41, 5.74) is 7.80. The van der Waals surface area contributed by atoms with E-state index in [1.54, 1.807) is 0 Å². The Hall–Kier alpha value is -0.870. The highest BCUT2D eigenvalue weighted by Gasteiger charge is 2.10. The van der Waals surface area contributed by atoms with Crippen LogP contribution in [-0.2, 0) is 7.05 Å². The smallest absolute Gasteiger partial charge is 0.0641 e. The first-order valence-electron chi connectivity index (χ1n) is 5.08. The van der Waals surface area contributed by atoms with Gasteiger partial charge in [0.1, 0.15) is 0 Å². The topological polar surface area (TPSA) is 55.9 Å². The molecule has 1 heterocycles. The molecule has 0 aliphatic heterocycles. The molecule has 3 N–H and O–H groups in total. The molecule has 1 rings (SSSR count). The summed E-state index contributed by atoms with van der Waals surface area (Å²) in [5.74, 6) is 0. The van der Waals surface area contributed by atoms with Crippen LogP contribution >= 0.6 is 0 Å². The number of nitrogens with two attached hydrogens (primary N) is 1. The van der Waals surface area contributed by atoms with E-state index in [0.717, 1.165) is 25.2 Å². The standard InChI is InChI=1S/C10H20N4/c1-8(12-6-4-5-11)10-7-14(3)13-9(10)2/h7-8,12H,4-6,11H2,1-3H3. The summed E-state index contributed by atoms with van der Waals surface area (Å²) in [6, 6.07) is 0.357. The van der Waals surface area contributed by atoms with Gasteiger partial charge in [0, 0.05) is 24.8 Å². The molecule has 0 radical (unpaired) electrons. The quantitative estimate of drug-likeness (QED) is 0.683. The van der Waals surface area contributed by atoms with Gasteiger partial charge in [-0.1, -0.05) is 0 Å². The average Bonchev–Trinajstić information content (AvgIpc) is 2.45. The van der Waals surface area contributed by atoms with Gasteiger partial charge in [0.25, 0.3) is 0 Å². The van der Waals surface area contributed by atoms with Gasteiger partial charge in [0.2, 0.25) is 0 Å². The summed E-state index contributed by atoms with van der Waals surface area (Å²) < 4.78 is 1.85. The number of hydrogen-bond acceptors (Lipinski definition) is 3. The molecule has 0 aliphatic carbocycles. The van der Waals surface area contributed by atoms with Crippen LogP contribution in [-0.4, -0.2) is 22.9 Å². The van der Waals surface area contributed by atoms with Crippen molar-refractivity contribution in [3.63, 3.8) is 0 Å². The Morgan fingerprint density at radius 1 is 1.64 bits per heavy atom. The number of rotatable bonds is 5. The lowest BCUT2D eigenvalue weighted by Crippen LogP contribution is -2.22. The zero-order chi connectivity index (χ0) is 10.6. The van der Waals surface area contributed by atoms with E-state index in [1.807, 2.05) is 18.7 Å². The highest BCUT2D eigenvalue weighted by Crippen LogP contribution is 2.14. The minimum atomic E-state index is 0.357. The second-order valence-electron chi connectivity index (χ2n) is 3.66. The van der Waals surface area contributed by atoms with E-state index in [9.17, 15) is 0 Å². The van der Waals surface area contributed by atoms with Crippen molar-refractivity contribution in [3.8, 4) is 0 Å². The molecule has 0 aliphatic rings. The predicted molar refractivity (Wildman–Crippen MR) is 58.0 cm³/mol. The summed E-state index contributed by atoms with van der Waals surface area (Å²) in [6.07, 6.45) is 3.08. The summed E-state index contributed by atoms with van der Waals surface area (Å²) in [5, 5.41) is 7.73. The van der Waals surface area contributed by atoms with Gasteiger partial charge in [-0.3, -0.25) is 4.68 Å². The zero-order valence-electron chi connectivity index (χ0n) is 9.25. The molecule has 14 heavy (non-hydrogen) atoms. The third-order valence-electron chi connectivity index (χ3n) is 2.35. The molecule has 1 unspecified atom stereocenters. The lowest BCUT2D eigenvalue weighted by Gasteiger charge is -2.12. The van der Waals surface area contributed by atoms with Crippen LogP contribution in [0.2, 0.25) is 0 Å². The van der Waals surface area contributed by atoms with Gasteiger partial charge in [-0.05, 0) is 33.4 Å². The molecule has 1 aromatic rings. The van der Waals surface area contributed by atoms with Gasteiger partial charge in [-0.15, -0.1) is 0 Å². The number of nitrogens with zero attached hydrogens (tertiary/aromatic N) is 2. The Bertz CT molecular complexity index is 280. The summed E-state index contributed by atoms with van der Waals surface area (Å²) in [6.45, 7) is 5.90. The number of nitrogens with one attached hydrogen (secondary N) is 1. The van der Waals surface area contributed by atoms with Gasteiger partial charge in [-0.2, -0.15) is 5.10 Å². The number of hydrogen-bond donors (Lipinski definition) is 2. The van der Waals surface area contributed by atoms with E-state index in [2.05, 4.69) is 23.5 Å². The van der Waals surface area contributed by atoms with Crippen molar-refractivity contribution in [1.82, 2.24) is 15.1 Å². The van der Waals surface area contributed by atoms with Crippen LogP contribution in [0.4, 0.5) is 0 Å². The van der Waals surface area contributed by atoms with Crippen LogP contribution in [0.25, 0.3) is 0 Å². The fourth-order valence-corrected chi connectivity index (χ4v) is 1.57. The molecule has 4 heteroatoms. The second-order valence-corrected chi connectivity index (χ2v) is 3.66. The maximum atomic E-state index is 5.43. The van der Waals surface area contributed by atoms with Crippen molar-refractivity contribution in [2.24, 2.45) is 12.8 Å². The molecular formula is C10H20N4. The Balaban J connectivity index is 2.51. The molecular weight excluding hydrogens is 176 g/mol. The third kappa shape index (κ3) is 2.82. The lowest BCUT2D eigenvalue weighted by molar-refractivity contribution is 0.559. The van der Waals surface area contributed by atoms with E-state index in [0.29, 0.717) is 6.04 Å². The SMILES string of the molecule is Cc1nn(C)cc1C(C)NCCCN. The normalized spacial score (nSPS) is 13.1. The molecule has 0 fully saturated rings. The van der Waals surface area contributed by atoms with Crippen LogP contribution in [0.1, 0.15) is 30.6 Å². The molecule has 0 saturated carbocycles. The first-order valence-corrected chi connectivity index (χ1v) is 5.08. The fourth-order valence-electron chi connectivity index (χ4n) is 1.57. The van der Waals surface area contributed by atoms with Gasteiger partial charge >= 0.3 is 0 Å². The van der Waals surface area contributed by atoms with E-state index >= 15 is 0 Å². The lowest BCUT2D eigenvalue weighted by atomic mass is 10.1. The van der Waals surface area contributed by atoms with Crippen molar-refractivity contribution in [2.75, 3.05) is 13.1 Å². The summed E-state index contributed by atoms with van der Waals surface area (Å²) in [4.78, 5) is 0. The van der Waals surface area contributed by atoms with Crippen molar-refractivity contribution >= 4 is 0 Å². The molecule has 80 valence electrons. The van der Waals surface area contributed by atoms with Crippen LogP contribution in [0.3, 0.4) is 0 Å². The molecule has 1 atom stereocenters. The minimum Gasteiger partial charge on any atom is -0.330 e. The van der Waals surface area contributed by atoms with Gasteiger partial charge in [-0.25, -0.2) is 0 Å². The fraction of sp³-hybridized carbons (Fsp3) is 0.700. The first-order chi connectivity index (χ1) is 6.65. The van der Waals surface area contributed by atoms with Crippen molar-refractivity contribution < 1.29 is 0 Å². The first kappa shape index (κ1) is 11.2. The highest BCUT2D eigenvalue weighted by molar-refractivity contribution is 5.19. The van der Waals surface area contributed by atoms with Crippen LogP contribution in [0.5, 0.6) is 0 Å². The van der Waals surface area contributed by atoms with Crippen LogP contribution < -0.4 is 11.1 Å². The second kappa shape index (κ2) is 5.12. The third-order valence-corrected chi connectivity index (χ3v) is 2.35. The maximum absolute atomic E-state index is 5.43. The molecule has 0 bridgehead atoms. The van der Waals surface area contributed by atoms with Crippen molar-refractivity contribution in [1.29, 1.82) is 0 Å². The molecule has 4 nitrogen and oxygen atoms in total. The van der Waals surface area contributed by atoms with E-state index in [1.165, 1.54) is 5.56 Å². The molecule has 0 aromatic carbocycles. The van der Waals surface area contributed by atoms with Gasteiger partial charge in [0.05, 0.1) is 5.69 Å². The Kier molecular flexibility index (Phi) is 4.10. The predicted octanol–water partition coefficient (Wildman–Crippen LogP) is 0.728. The van der Waals surface area contributed by atoms with Crippen molar-refractivity contribution in [3.05, 3.63) is 17.5 Å². The molecule has 0 spiro atoms. The van der Waals surface area contributed by atoms with E-state index < -0.39 is 0 Å². The van der Waals surface area contributed by atoms with Crippen LogP contribution in [0, 0.1) is 6.92 Å². The molecule has 0 saturated heterocycles. The number of aromatic nitrogens is 2. The van der Waals surface area contributed by atoms with E-state index in [-0.39, 0.29) is 0 Å².